The molecular weight excluding hydrogens is 378 g/mol. The second-order valence-corrected chi connectivity index (χ2v) is 7.95. The molecule has 3 aromatic rings. The lowest BCUT2D eigenvalue weighted by Crippen LogP contribution is -2.37. The van der Waals surface area contributed by atoms with Crippen LogP contribution in [-0.2, 0) is 20.6 Å². The molecule has 2 heterocycles. The summed E-state index contributed by atoms with van der Waals surface area (Å²) in [7, 11) is 3.14. The average Bonchev–Trinajstić information content (AvgIpc) is 3.03. The Morgan fingerprint density at radius 2 is 1.89 bits per heavy atom. The third kappa shape index (κ3) is 3.35. The fourth-order valence-corrected chi connectivity index (χ4v) is 4.17. The van der Waals surface area contributed by atoms with E-state index in [0.717, 1.165) is 23.0 Å². The van der Waals surface area contributed by atoms with Crippen LogP contribution < -0.4 is 16.6 Å². The molecule has 1 saturated carbocycles. The van der Waals surface area contributed by atoms with Gasteiger partial charge < -0.3 is 5.32 Å². The van der Waals surface area contributed by atoms with Gasteiger partial charge in [-0.2, -0.15) is 4.98 Å². The van der Waals surface area contributed by atoms with Gasteiger partial charge in [-0.3, -0.25) is 18.5 Å². The van der Waals surface area contributed by atoms with Crippen LogP contribution >= 0.6 is 11.6 Å². The van der Waals surface area contributed by atoms with Gasteiger partial charge in [0.2, 0.25) is 5.95 Å². The van der Waals surface area contributed by atoms with E-state index in [1.165, 1.54) is 30.9 Å². The van der Waals surface area contributed by atoms with Crippen molar-refractivity contribution in [2.75, 3.05) is 5.32 Å². The quantitative estimate of drug-likeness (QED) is 0.729. The summed E-state index contributed by atoms with van der Waals surface area (Å²) in [5.74, 6) is 0.625. The van der Waals surface area contributed by atoms with Gasteiger partial charge in [0.15, 0.2) is 11.2 Å². The first kappa shape index (κ1) is 18.8. The maximum atomic E-state index is 12.9. The lowest BCUT2D eigenvalue weighted by atomic mass is 9.96. The average molecular weight is 402 g/mol. The van der Waals surface area contributed by atoms with Crippen LogP contribution in [0.3, 0.4) is 0 Å². The van der Waals surface area contributed by atoms with Crippen LogP contribution in [0.4, 0.5) is 5.95 Å². The SMILES string of the molecule is Cn1c(=O)c2c(nc(NC3CCCCC3)n2Cc2cccc(Cl)c2)n(C)c1=O. The van der Waals surface area contributed by atoms with Gasteiger partial charge in [-0.05, 0) is 30.5 Å². The summed E-state index contributed by atoms with van der Waals surface area (Å²) in [5.41, 5.74) is 1.06. The molecule has 1 fully saturated rings. The molecule has 0 radical (unpaired) electrons. The Bertz CT molecular complexity index is 1140. The van der Waals surface area contributed by atoms with Crippen LogP contribution in [-0.4, -0.2) is 24.7 Å². The minimum atomic E-state index is -0.380. The number of benzene rings is 1. The van der Waals surface area contributed by atoms with Crippen molar-refractivity contribution >= 4 is 28.7 Å². The van der Waals surface area contributed by atoms with Gasteiger partial charge in [0.25, 0.3) is 5.56 Å². The van der Waals surface area contributed by atoms with Crippen molar-refractivity contribution in [3.63, 3.8) is 0 Å². The minimum Gasteiger partial charge on any atom is -0.353 e. The molecule has 148 valence electrons. The van der Waals surface area contributed by atoms with Gasteiger partial charge in [0.1, 0.15) is 0 Å². The molecule has 8 heteroatoms. The normalized spacial score (nSPS) is 15.2. The number of nitrogens with one attached hydrogen (secondary N) is 1. The molecule has 1 N–H and O–H groups in total. The first-order chi connectivity index (χ1) is 13.5. The topological polar surface area (TPSA) is 73.8 Å². The van der Waals surface area contributed by atoms with E-state index in [-0.39, 0.29) is 11.2 Å². The summed E-state index contributed by atoms with van der Waals surface area (Å²) in [6, 6.07) is 7.88. The first-order valence-electron chi connectivity index (χ1n) is 9.63. The maximum Gasteiger partial charge on any atom is 0.332 e. The molecule has 28 heavy (non-hydrogen) atoms. The summed E-state index contributed by atoms with van der Waals surface area (Å²) in [5, 5.41) is 4.17. The van der Waals surface area contributed by atoms with E-state index in [9.17, 15) is 9.59 Å². The van der Waals surface area contributed by atoms with Crippen LogP contribution in [0.2, 0.25) is 5.02 Å². The zero-order valence-electron chi connectivity index (χ0n) is 16.1. The number of halogens is 1. The van der Waals surface area contributed by atoms with Crippen molar-refractivity contribution in [3.8, 4) is 0 Å². The lowest BCUT2D eigenvalue weighted by Gasteiger charge is -2.23. The van der Waals surface area contributed by atoms with Crippen molar-refractivity contribution in [2.45, 2.75) is 44.7 Å². The Labute approximate surface area is 167 Å². The van der Waals surface area contributed by atoms with Crippen LogP contribution in [0, 0.1) is 0 Å². The van der Waals surface area contributed by atoms with Gasteiger partial charge in [-0.15, -0.1) is 0 Å². The summed E-state index contributed by atoms with van der Waals surface area (Å²) < 4.78 is 4.43. The zero-order valence-corrected chi connectivity index (χ0v) is 16.9. The Kier molecular flexibility index (Phi) is 5.02. The number of imidazole rings is 1. The van der Waals surface area contributed by atoms with Crippen molar-refractivity contribution in [1.82, 2.24) is 18.7 Å². The molecule has 1 aliphatic carbocycles. The van der Waals surface area contributed by atoms with Crippen LogP contribution in [0.15, 0.2) is 33.9 Å². The molecule has 2 aromatic heterocycles. The lowest BCUT2D eigenvalue weighted by molar-refractivity contribution is 0.459. The van der Waals surface area contributed by atoms with Gasteiger partial charge in [0.05, 0.1) is 6.54 Å². The number of fused-ring (bicyclic) bond motifs is 1. The monoisotopic (exact) mass is 401 g/mol. The van der Waals surface area contributed by atoms with E-state index in [1.807, 2.05) is 28.8 Å². The van der Waals surface area contributed by atoms with E-state index < -0.39 is 0 Å². The molecule has 7 nitrogen and oxygen atoms in total. The van der Waals surface area contributed by atoms with Crippen molar-refractivity contribution in [3.05, 3.63) is 55.7 Å². The predicted molar refractivity (Wildman–Crippen MR) is 111 cm³/mol. The fourth-order valence-electron chi connectivity index (χ4n) is 3.96. The Balaban J connectivity index is 1.88. The molecule has 0 bridgehead atoms. The van der Waals surface area contributed by atoms with E-state index >= 15 is 0 Å². The number of hydrogen-bond acceptors (Lipinski definition) is 4. The highest BCUT2D eigenvalue weighted by Crippen LogP contribution is 2.24. The first-order valence-corrected chi connectivity index (χ1v) is 10.0. The molecule has 0 amide bonds. The predicted octanol–water partition coefficient (Wildman–Crippen LogP) is 2.88. The summed E-state index contributed by atoms with van der Waals surface area (Å²) in [4.78, 5) is 29.9. The highest BCUT2D eigenvalue weighted by atomic mass is 35.5. The standard InChI is InChI=1S/C20H24ClN5O2/c1-24-17-16(18(27)25(2)20(24)28)26(12-13-7-6-8-14(21)11-13)19(23-17)22-15-9-4-3-5-10-15/h6-8,11,15H,3-5,9-10,12H2,1-2H3,(H,22,23). The van der Waals surface area contributed by atoms with Gasteiger partial charge >= 0.3 is 5.69 Å². The number of nitrogens with zero attached hydrogens (tertiary/aromatic N) is 4. The second-order valence-electron chi connectivity index (χ2n) is 7.51. The molecule has 0 spiro atoms. The zero-order chi connectivity index (χ0) is 19.8. The van der Waals surface area contributed by atoms with Gasteiger partial charge in [-0.1, -0.05) is 43.0 Å². The molecule has 0 unspecified atom stereocenters. The highest BCUT2D eigenvalue weighted by Gasteiger charge is 2.22. The fraction of sp³-hybridized carbons (Fsp3) is 0.450. The van der Waals surface area contributed by atoms with Crippen LogP contribution in [0.5, 0.6) is 0 Å². The van der Waals surface area contributed by atoms with E-state index in [0.29, 0.717) is 34.7 Å². The summed E-state index contributed by atoms with van der Waals surface area (Å²) in [6.07, 6.45) is 5.79. The summed E-state index contributed by atoms with van der Waals surface area (Å²) >= 11 is 6.15. The molecule has 0 saturated heterocycles. The molecule has 4 rings (SSSR count). The third-order valence-corrected chi connectivity index (χ3v) is 5.75. The largest absolute Gasteiger partial charge is 0.353 e. The molecular formula is C20H24ClN5O2. The molecule has 0 atom stereocenters. The second kappa shape index (κ2) is 7.47. The number of hydrogen-bond donors (Lipinski definition) is 1. The smallest absolute Gasteiger partial charge is 0.332 e. The van der Waals surface area contributed by atoms with Crippen LogP contribution in [0.25, 0.3) is 11.2 Å². The molecule has 0 aliphatic heterocycles. The summed E-state index contributed by atoms with van der Waals surface area (Å²) in [6.45, 7) is 0.444. The molecule has 1 aliphatic rings. The minimum absolute atomic E-state index is 0.324. The number of anilines is 1. The molecule has 1 aromatic carbocycles. The van der Waals surface area contributed by atoms with Crippen molar-refractivity contribution in [1.29, 1.82) is 0 Å². The van der Waals surface area contributed by atoms with Gasteiger partial charge in [0, 0.05) is 25.2 Å². The van der Waals surface area contributed by atoms with Crippen LogP contribution in [0.1, 0.15) is 37.7 Å². The van der Waals surface area contributed by atoms with E-state index in [4.69, 9.17) is 11.6 Å². The van der Waals surface area contributed by atoms with Crippen molar-refractivity contribution in [2.24, 2.45) is 14.1 Å². The third-order valence-electron chi connectivity index (χ3n) is 5.52. The number of aryl methyl sites for hydroxylation is 1. The van der Waals surface area contributed by atoms with Crippen molar-refractivity contribution < 1.29 is 0 Å². The van der Waals surface area contributed by atoms with E-state index in [2.05, 4.69) is 10.3 Å². The Morgan fingerprint density at radius 3 is 2.61 bits per heavy atom. The van der Waals surface area contributed by atoms with Gasteiger partial charge in [-0.25, -0.2) is 4.79 Å². The Hall–Kier alpha value is -2.54. The number of rotatable bonds is 4. The maximum absolute atomic E-state index is 12.9. The number of aromatic nitrogens is 4. The highest BCUT2D eigenvalue weighted by molar-refractivity contribution is 6.30. The Morgan fingerprint density at radius 1 is 1.14 bits per heavy atom. The van der Waals surface area contributed by atoms with E-state index in [1.54, 1.807) is 7.05 Å².